The second-order valence-electron chi connectivity index (χ2n) is 4.37. The summed E-state index contributed by atoms with van der Waals surface area (Å²) in [7, 11) is 0. The molecule has 0 aliphatic rings. The van der Waals surface area contributed by atoms with E-state index in [0.29, 0.717) is 23.6 Å². The zero-order valence-electron chi connectivity index (χ0n) is 11.0. The molecule has 5 heteroatoms. The van der Waals surface area contributed by atoms with Crippen LogP contribution in [0.2, 0.25) is 0 Å². The van der Waals surface area contributed by atoms with Gasteiger partial charge in [-0.1, -0.05) is 12.1 Å². The van der Waals surface area contributed by atoms with Crippen molar-refractivity contribution in [1.82, 2.24) is 4.98 Å². The highest BCUT2D eigenvalue weighted by molar-refractivity contribution is 5.92. The fourth-order valence-corrected chi connectivity index (χ4v) is 1.67. The Balaban J connectivity index is 2.06. The summed E-state index contributed by atoms with van der Waals surface area (Å²) >= 11 is 0. The van der Waals surface area contributed by atoms with Crippen LogP contribution < -0.4 is 10.5 Å². The normalized spacial score (nSPS) is 10.1. The molecule has 1 heterocycles. The van der Waals surface area contributed by atoms with Gasteiger partial charge in [-0.2, -0.15) is 0 Å². The topological polar surface area (TPSA) is 82.3 Å². The number of ether oxygens (including phenoxy) is 1. The molecule has 102 valence electrons. The van der Waals surface area contributed by atoms with Crippen molar-refractivity contribution in [3.8, 4) is 11.6 Å². The fourth-order valence-electron chi connectivity index (χ4n) is 1.67. The average Bonchev–Trinajstić information content (AvgIpc) is 2.41. The smallest absolute Gasteiger partial charge is 0.250 e. The molecule has 1 aromatic heterocycles. The van der Waals surface area contributed by atoms with Crippen LogP contribution in [0.3, 0.4) is 0 Å². The molecule has 2 aromatic rings. The minimum Gasteiger partial charge on any atom is -0.439 e. The molecular weight excluding hydrogens is 256 g/mol. The number of carbonyl (C=O) groups is 2. The van der Waals surface area contributed by atoms with Crippen molar-refractivity contribution >= 4 is 11.7 Å². The summed E-state index contributed by atoms with van der Waals surface area (Å²) in [5, 5.41) is 0. The number of nitrogens with two attached hydrogens (primary N) is 1. The lowest BCUT2D eigenvalue weighted by molar-refractivity contribution is -0.116. The third-order valence-electron chi connectivity index (χ3n) is 2.62. The van der Waals surface area contributed by atoms with Crippen LogP contribution in [0.5, 0.6) is 11.6 Å². The van der Waals surface area contributed by atoms with Crippen LogP contribution >= 0.6 is 0 Å². The second-order valence-corrected chi connectivity index (χ2v) is 4.37. The number of nitrogens with zero attached hydrogens (tertiary/aromatic N) is 1. The van der Waals surface area contributed by atoms with Crippen LogP contribution in [-0.2, 0) is 11.2 Å². The Kier molecular flexibility index (Phi) is 4.10. The molecule has 5 nitrogen and oxygen atoms in total. The first kappa shape index (κ1) is 13.7. The zero-order valence-corrected chi connectivity index (χ0v) is 11.0. The molecule has 0 saturated carbocycles. The van der Waals surface area contributed by atoms with Crippen molar-refractivity contribution in [2.45, 2.75) is 13.3 Å². The Bertz CT molecular complexity index is 619. The first-order valence-electron chi connectivity index (χ1n) is 6.06. The minimum absolute atomic E-state index is 0.113. The van der Waals surface area contributed by atoms with Gasteiger partial charge in [-0.15, -0.1) is 0 Å². The molecule has 0 aliphatic carbocycles. The number of aromatic nitrogens is 1. The fraction of sp³-hybridized carbons (Fsp3) is 0.133. The maximum Gasteiger partial charge on any atom is 0.250 e. The third-order valence-corrected chi connectivity index (χ3v) is 2.62. The third kappa shape index (κ3) is 3.65. The molecular formula is C15H14N2O3. The lowest BCUT2D eigenvalue weighted by Gasteiger charge is -2.05. The van der Waals surface area contributed by atoms with Gasteiger partial charge in [0.15, 0.2) is 0 Å². The van der Waals surface area contributed by atoms with Gasteiger partial charge in [-0.3, -0.25) is 9.59 Å². The second kappa shape index (κ2) is 5.97. The summed E-state index contributed by atoms with van der Waals surface area (Å²) in [6, 6.07) is 10.3. The number of hydrogen-bond donors (Lipinski definition) is 1. The van der Waals surface area contributed by atoms with Crippen molar-refractivity contribution in [1.29, 1.82) is 0 Å². The molecule has 0 fully saturated rings. The van der Waals surface area contributed by atoms with Crippen LogP contribution in [0, 0.1) is 0 Å². The predicted octanol–water partition coefficient (Wildman–Crippen LogP) is 2.10. The van der Waals surface area contributed by atoms with Crippen molar-refractivity contribution in [2.24, 2.45) is 5.73 Å². The van der Waals surface area contributed by atoms with Gasteiger partial charge in [-0.25, -0.2) is 4.98 Å². The Hall–Kier alpha value is -2.69. The molecule has 2 rings (SSSR count). The summed E-state index contributed by atoms with van der Waals surface area (Å²) in [6.45, 7) is 1.55. The van der Waals surface area contributed by atoms with Gasteiger partial charge < -0.3 is 10.5 Å². The molecule has 1 amide bonds. The molecule has 2 N–H and O–H groups in total. The molecule has 20 heavy (non-hydrogen) atoms. The minimum atomic E-state index is -0.530. The van der Waals surface area contributed by atoms with Crippen LogP contribution in [0.4, 0.5) is 0 Å². The molecule has 1 aromatic carbocycles. The molecule has 0 saturated heterocycles. The summed E-state index contributed by atoms with van der Waals surface area (Å²) in [5.74, 6) is 0.561. The summed E-state index contributed by atoms with van der Waals surface area (Å²) in [6.07, 6.45) is 1.77. The molecule has 0 unspecified atom stereocenters. The largest absolute Gasteiger partial charge is 0.439 e. The van der Waals surface area contributed by atoms with Crippen molar-refractivity contribution in [3.05, 3.63) is 53.7 Å². The Labute approximate surface area is 116 Å². The highest BCUT2D eigenvalue weighted by Crippen LogP contribution is 2.20. The lowest BCUT2D eigenvalue weighted by Crippen LogP contribution is -2.10. The number of carbonyl (C=O) groups excluding carboxylic acids is 2. The van der Waals surface area contributed by atoms with Crippen LogP contribution in [0.25, 0.3) is 0 Å². The Morgan fingerprint density at radius 3 is 2.35 bits per heavy atom. The van der Waals surface area contributed by atoms with E-state index in [-0.39, 0.29) is 5.78 Å². The lowest BCUT2D eigenvalue weighted by atomic mass is 10.1. The number of rotatable bonds is 5. The number of benzene rings is 1. The van der Waals surface area contributed by atoms with E-state index in [1.165, 1.54) is 6.20 Å². The molecule has 0 aliphatic heterocycles. The van der Waals surface area contributed by atoms with E-state index in [4.69, 9.17) is 10.5 Å². The van der Waals surface area contributed by atoms with E-state index in [1.807, 2.05) is 12.1 Å². The number of ketones is 1. The van der Waals surface area contributed by atoms with E-state index in [9.17, 15) is 9.59 Å². The van der Waals surface area contributed by atoms with Crippen molar-refractivity contribution in [2.75, 3.05) is 0 Å². The van der Waals surface area contributed by atoms with Gasteiger partial charge in [0.2, 0.25) is 11.8 Å². The van der Waals surface area contributed by atoms with Gasteiger partial charge in [0.1, 0.15) is 11.5 Å². The van der Waals surface area contributed by atoms with Crippen molar-refractivity contribution < 1.29 is 14.3 Å². The number of pyridine rings is 1. The Morgan fingerprint density at radius 1 is 1.15 bits per heavy atom. The quantitative estimate of drug-likeness (QED) is 0.902. The van der Waals surface area contributed by atoms with Gasteiger partial charge in [0.05, 0.1) is 5.56 Å². The maximum absolute atomic E-state index is 11.0. The van der Waals surface area contributed by atoms with Crippen molar-refractivity contribution in [3.63, 3.8) is 0 Å². The van der Waals surface area contributed by atoms with Gasteiger partial charge in [0, 0.05) is 18.7 Å². The number of primary amides is 1. The van der Waals surface area contributed by atoms with E-state index in [0.717, 1.165) is 5.56 Å². The number of amides is 1. The first-order chi connectivity index (χ1) is 9.54. The predicted molar refractivity (Wildman–Crippen MR) is 73.7 cm³/mol. The number of Topliss-reactive ketones (excluding diaryl/α,β-unsaturated/α-hetero) is 1. The zero-order chi connectivity index (χ0) is 14.5. The molecule has 0 bridgehead atoms. The van der Waals surface area contributed by atoms with Crippen LogP contribution in [0.1, 0.15) is 22.8 Å². The van der Waals surface area contributed by atoms with E-state index < -0.39 is 5.91 Å². The number of hydrogen-bond acceptors (Lipinski definition) is 4. The van der Waals surface area contributed by atoms with Gasteiger partial charge in [0.25, 0.3) is 0 Å². The molecule has 0 atom stereocenters. The van der Waals surface area contributed by atoms with Crippen LogP contribution in [-0.4, -0.2) is 16.7 Å². The highest BCUT2D eigenvalue weighted by atomic mass is 16.5. The standard InChI is InChI=1S/C15H14N2O3/c1-10(18)8-11-2-5-13(6-3-11)20-14-7-4-12(9-17-14)15(16)19/h2-7,9H,8H2,1H3,(H2,16,19). The maximum atomic E-state index is 11.0. The van der Waals surface area contributed by atoms with Gasteiger partial charge >= 0.3 is 0 Å². The monoisotopic (exact) mass is 270 g/mol. The molecule has 0 spiro atoms. The van der Waals surface area contributed by atoms with E-state index >= 15 is 0 Å². The van der Waals surface area contributed by atoms with Crippen LogP contribution in [0.15, 0.2) is 42.6 Å². The summed E-state index contributed by atoms with van der Waals surface area (Å²) in [5.41, 5.74) is 6.39. The summed E-state index contributed by atoms with van der Waals surface area (Å²) in [4.78, 5) is 25.9. The molecule has 0 radical (unpaired) electrons. The summed E-state index contributed by atoms with van der Waals surface area (Å²) < 4.78 is 5.52. The van der Waals surface area contributed by atoms with Gasteiger partial charge in [-0.05, 0) is 30.7 Å². The average molecular weight is 270 g/mol. The first-order valence-corrected chi connectivity index (χ1v) is 6.06. The highest BCUT2D eigenvalue weighted by Gasteiger charge is 2.03. The van der Waals surface area contributed by atoms with E-state index in [2.05, 4.69) is 4.98 Å². The Morgan fingerprint density at radius 2 is 1.85 bits per heavy atom. The SMILES string of the molecule is CC(=O)Cc1ccc(Oc2ccc(C(N)=O)cn2)cc1. The van der Waals surface area contributed by atoms with E-state index in [1.54, 1.807) is 31.2 Å².